The number of amides is 1. The van der Waals surface area contributed by atoms with Crippen molar-refractivity contribution in [3.63, 3.8) is 0 Å². The fourth-order valence-corrected chi connectivity index (χ4v) is 3.26. The number of para-hydroxylation sites is 1. The summed E-state index contributed by atoms with van der Waals surface area (Å²) < 4.78 is 5.12. The lowest BCUT2D eigenvalue weighted by molar-refractivity contribution is 0.0948. The van der Waals surface area contributed by atoms with Gasteiger partial charge in [0.1, 0.15) is 5.52 Å². The van der Waals surface area contributed by atoms with Gasteiger partial charge < -0.3 is 14.5 Å². The minimum absolute atomic E-state index is 0.0625. The number of hydrogen-bond acceptors (Lipinski definition) is 3. The molecule has 0 unspecified atom stereocenters. The Balaban J connectivity index is 1.51. The summed E-state index contributed by atoms with van der Waals surface area (Å²) in [6, 6.07) is 11.4. The molecule has 4 aromatic rings. The highest BCUT2D eigenvalue weighted by molar-refractivity contribution is 6.04. The van der Waals surface area contributed by atoms with Crippen LogP contribution in [-0.4, -0.2) is 31.4 Å². The molecule has 3 heterocycles. The molecule has 0 bridgehead atoms. The molecule has 0 atom stereocenters. The van der Waals surface area contributed by atoms with Crippen molar-refractivity contribution < 1.29 is 4.79 Å². The van der Waals surface area contributed by atoms with E-state index in [1.165, 1.54) is 0 Å². The lowest BCUT2D eigenvalue weighted by Crippen LogP contribution is -2.31. The van der Waals surface area contributed by atoms with Crippen LogP contribution in [0.15, 0.2) is 53.6 Å². The third-order valence-corrected chi connectivity index (χ3v) is 4.61. The molecule has 4 rings (SSSR count). The molecule has 1 N–H and O–H groups in total. The molecule has 0 aliphatic heterocycles. The number of nitrogens with zero attached hydrogens (tertiary/aromatic N) is 4. The van der Waals surface area contributed by atoms with Crippen LogP contribution < -0.4 is 10.9 Å². The van der Waals surface area contributed by atoms with E-state index in [-0.39, 0.29) is 11.5 Å². The van der Waals surface area contributed by atoms with Crippen LogP contribution >= 0.6 is 0 Å². The molecule has 0 radical (unpaired) electrons. The second kappa shape index (κ2) is 6.18. The van der Waals surface area contributed by atoms with Crippen molar-refractivity contribution in [3.8, 4) is 0 Å². The highest BCUT2D eigenvalue weighted by atomic mass is 16.2. The third kappa shape index (κ3) is 2.57. The van der Waals surface area contributed by atoms with Crippen LogP contribution in [0.1, 0.15) is 10.5 Å². The number of pyridine rings is 1. The monoisotopic (exact) mass is 349 g/mol. The van der Waals surface area contributed by atoms with Gasteiger partial charge in [-0.2, -0.15) is 5.10 Å². The van der Waals surface area contributed by atoms with Crippen molar-refractivity contribution in [2.24, 2.45) is 14.1 Å². The average Bonchev–Trinajstić information content (AvgIpc) is 3.18. The number of aryl methyl sites for hydroxylation is 2. The molecule has 3 aromatic heterocycles. The first-order valence-electron chi connectivity index (χ1n) is 8.40. The Labute approximate surface area is 149 Å². The molecule has 132 valence electrons. The van der Waals surface area contributed by atoms with Gasteiger partial charge in [-0.3, -0.25) is 14.3 Å². The van der Waals surface area contributed by atoms with Crippen molar-refractivity contribution in [1.82, 2.24) is 24.2 Å². The van der Waals surface area contributed by atoms with Gasteiger partial charge in [-0.15, -0.1) is 0 Å². The fourth-order valence-electron chi connectivity index (χ4n) is 3.26. The molecule has 0 fully saturated rings. The van der Waals surface area contributed by atoms with Crippen LogP contribution in [0, 0.1) is 0 Å². The molecule has 7 nitrogen and oxygen atoms in total. The van der Waals surface area contributed by atoms with Crippen molar-refractivity contribution in [2.75, 3.05) is 6.54 Å². The summed E-state index contributed by atoms with van der Waals surface area (Å²) in [5, 5.41) is 8.90. The molecule has 0 saturated carbocycles. The van der Waals surface area contributed by atoms with E-state index in [0.29, 0.717) is 24.3 Å². The van der Waals surface area contributed by atoms with Crippen LogP contribution in [-0.2, 0) is 20.6 Å². The van der Waals surface area contributed by atoms with Gasteiger partial charge >= 0.3 is 0 Å². The maximum Gasteiger partial charge on any atom is 0.275 e. The Hall–Kier alpha value is -3.35. The number of benzene rings is 1. The van der Waals surface area contributed by atoms with Gasteiger partial charge in [0.2, 0.25) is 0 Å². The van der Waals surface area contributed by atoms with Crippen LogP contribution in [0.5, 0.6) is 0 Å². The summed E-state index contributed by atoms with van der Waals surface area (Å²) in [6.07, 6.45) is 3.62. The molecule has 1 amide bonds. The minimum Gasteiger partial charge on any atom is -0.349 e. The Morgan fingerprint density at radius 3 is 2.73 bits per heavy atom. The lowest BCUT2D eigenvalue weighted by atomic mass is 10.2. The molecular weight excluding hydrogens is 330 g/mol. The van der Waals surface area contributed by atoms with Gasteiger partial charge in [0.15, 0.2) is 5.69 Å². The van der Waals surface area contributed by atoms with Crippen molar-refractivity contribution >= 4 is 27.7 Å². The first-order valence-corrected chi connectivity index (χ1v) is 8.40. The van der Waals surface area contributed by atoms with E-state index in [9.17, 15) is 9.59 Å². The van der Waals surface area contributed by atoms with Crippen LogP contribution in [0.2, 0.25) is 0 Å². The quantitative estimate of drug-likeness (QED) is 0.609. The SMILES string of the molecule is Cn1ccc2ccn(CCNC(=O)c3nn(C)c4ccccc34)c(=O)c21. The summed E-state index contributed by atoms with van der Waals surface area (Å²) in [4.78, 5) is 25.0. The number of aromatic nitrogens is 4. The number of fused-ring (bicyclic) bond motifs is 2. The molecule has 0 spiro atoms. The number of hydrogen-bond donors (Lipinski definition) is 1. The van der Waals surface area contributed by atoms with Crippen molar-refractivity contribution in [3.05, 3.63) is 64.8 Å². The Kier molecular flexibility index (Phi) is 3.84. The zero-order chi connectivity index (χ0) is 18.3. The molecule has 0 aliphatic carbocycles. The summed E-state index contributed by atoms with van der Waals surface area (Å²) in [5.74, 6) is -0.241. The van der Waals surface area contributed by atoms with E-state index in [2.05, 4.69) is 10.4 Å². The van der Waals surface area contributed by atoms with E-state index in [1.54, 1.807) is 15.4 Å². The van der Waals surface area contributed by atoms with Crippen molar-refractivity contribution in [2.45, 2.75) is 6.54 Å². The van der Waals surface area contributed by atoms with E-state index in [0.717, 1.165) is 16.3 Å². The van der Waals surface area contributed by atoms with E-state index >= 15 is 0 Å². The molecular formula is C19H19N5O2. The van der Waals surface area contributed by atoms with Gasteiger partial charge in [-0.05, 0) is 18.2 Å². The van der Waals surface area contributed by atoms with Gasteiger partial charge in [-0.1, -0.05) is 18.2 Å². The molecule has 0 aliphatic rings. The van der Waals surface area contributed by atoms with E-state index in [1.807, 2.05) is 61.3 Å². The fraction of sp³-hybridized carbons (Fsp3) is 0.211. The predicted octanol–water partition coefficient (Wildman–Crippen LogP) is 1.66. The normalized spacial score (nSPS) is 11.3. The smallest absolute Gasteiger partial charge is 0.275 e. The topological polar surface area (TPSA) is 73.8 Å². The summed E-state index contributed by atoms with van der Waals surface area (Å²) in [5.41, 5.74) is 1.90. The second-order valence-electron chi connectivity index (χ2n) is 6.29. The van der Waals surface area contributed by atoms with E-state index in [4.69, 9.17) is 0 Å². The Morgan fingerprint density at radius 2 is 1.88 bits per heavy atom. The van der Waals surface area contributed by atoms with Crippen LogP contribution in [0.4, 0.5) is 0 Å². The number of carbonyl (C=O) groups excluding carboxylic acids is 1. The molecule has 7 heteroatoms. The minimum atomic E-state index is -0.241. The predicted molar refractivity (Wildman–Crippen MR) is 100 cm³/mol. The van der Waals surface area contributed by atoms with Crippen LogP contribution in [0.25, 0.3) is 21.8 Å². The maximum atomic E-state index is 12.5. The largest absolute Gasteiger partial charge is 0.349 e. The number of carbonyl (C=O) groups is 1. The highest BCUT2D eigenvalue weighted by Crippen LogP contribution is 2.17. The second-order valence-corrected chi connectivity index (χ2v) is 6.29. The maximum absolute atomic E-state index is 12.5. The third-order valence-electron chi connectivity index (χ3n) is 4.61. The Morgan fingerprint density at radius 1 is 1.12 bits per heavy atom. The average molecular weight is 349 g/mol. The molecule has 26 heavy (non-hydrogen) atoms. The van der Waals surface area contributed by atoms with Gasteiger partial charge in [0.25, 0.3) is 11.5 Å². The zero-order valence-electron chi connectivity index (χ0n) is 14.6. The van der Waals surface area contributed by atoms with Crippen LogP contribution in [0.3, 0.4) is 0 Å². The summed E-state index contributed by atoms with van der Waals surface area (Å²) in [6.45, 7) is 0.746. The first kappa shape index (κ1) is 16.1. The summed E-state index contributed by atoms with van der Waals surface area (Å²) in [7, 11) is 3.66. The zero-order valence-corrected chi connectivity index (χ0v) is 14.6. The van der Waals surface area contributed by atoms with Crippen molar-refractivity contribution in [1.29, 1.82) is 0 Å². The Bertz CT molecular complexity index is 1180. The first-order chi connectivity index (χ1) is 12.6. The standard InChI is InChI=1S/C19H19N5O2/c1-22-10-7-13-8-11-24(19(26)17(13)22)12-9-20-18(25)16-14-5-3-4-6-15(14)23(2)21-16/h3-8,10-11H,9,12H2,1-2H3,(H,20,25). The summed E-state index contributed by atoms with van der Waals surface area (Å²) >= 11 is 0. The number of nitrogens with one attached hydrogen (secondary N) is 1. The number of rotatable bonds is 4. The van der Waals surface area contributed by atoms with E-state index < -0.39 is 0 Å². The molecule has 0 saturated heterocycles. The van der Waals surface area contributed by atoms with Gasteiger partial charge in [0.05, 0.1) is 5.52 Å². The van der Waals surface area contributed by atoms with Gasteiger partial charge in [0, 0.05) is 50.4 Å². The highest BCUT2D eigenvalue weighted by Gasteiger charge is 2.15. The molecule has 1 aromatic carbocycles. The lowest BCUT2D eigenvalue weighted by Gasteiger charge is -2.08. The van der Waals surface area contributed by atoms with Gasteiger partial charge in [-0.25, -0.2) is 0 Å².